The van der Waals surface area contributed by atoms with Crippen LogP contribution in [0.2, 0.25) is 0 Å². The van der Waals surface area contributed by atoms with Gasteiger partial charge in [-0.1, -0.05) is 6.07 Å². The van der Waals surface area contributed by atoms with Gasteiger partial charge in [0.1, 0.15) is 0 Å². The highest BCUT2D eigenvalue weighted by Crippen LogP contribution is 2.43. The van der Waals surface area contributed by atoms with E-state index in [1.807, 2.05) is 24.7 Å². The van der Waals surface area contributed by atoms with E-state index in [1.54, 1.807) is 6.20 Å². The second kappa shape index (κ2) is 6.32. The van der Waals surface area contributed by atoms with Crippen LogP contribution in [0.5, 0.6) is 0 Å². The Morgan fingerprint density at radius 1 is 1.12 bits per heavy atom. The molecule has 124 valence electrons. The Hall–Kier alpha value is -2.27. The minimum absolute atomic E-state index is 0.102. The van der Waals surface area contributed by atoms with Crippen molar-refractivity contribution in [3.05, 3.63) is 60.2 Å². The van der Waals surface area contributed by atoms with Crippen molar-refractivity contribution in [2.45, 2.75) is 37.3 Å². The molecule has 5 heteroatoms. The molecule has 1 spiro atoms. The summed E-state index contributed by atoms with van der Waals surface area (Å²) >= 11 is 0. The van der Waals surface area contributed by atoms with Crippen molar-refractivity contribution >= 4 is 5.91 Å². The number of nitrogens with zero attached hydrogens (tertiary/aromatic N) is 3. The highest BCUT2D eigenvalue weighted by Gasteiger charge is 2.48. The molecular weight excluding hydrogens is 300 g/mol. The number of likely N-dealkylation sites (tertiary alicyclic amines) is 1. The molecule has 2 aromatic rings. The van der Waals surface area contributed by atoms with Crippen LogP contribution in [0, 0.1) is 0 Å². The number of amides is 1. The molecule has 0 aromatic carbocycles. The fraction of sp³-hybridized carbons (Fsp3) is 0.421. The molecule has 0 radical (unpaired) electrons. The standard InChI is InChI=1S/C19H22N4O/c24-18-12-17(16-2-1-7-21-13-16)19(22-18)5-10-23(11-6-19)14-15-3-8-20-9-4-15/h1-4,7-9,13,17H,5-6,10-12,14H2,(H,22,24)/t17-/m0/s1. The number of piperidine rings is 1. The zero-order chi connectivity index (χ0) is 16.4. The Morgan fingerprint density at radius 3 is 2.62 bits per heavy atom. The SMILES string of the molecule is O=C1C[C@@H](c2cccnc2)C2(CCN(Cc3ccncc3)CC2)N1. The van der Waals surface area contributed by atoms with Gasteiger partial charge in [-0.15, -0.1) is 0 Å². The molecule has 0 bridgehead atoms. The summed E-state index contributed by atoms with van der Waals surface area (Å²) in [6, 6.07) is 8.20. The van der Waals surface area contributed by atoms with E-state index in [-0.39, 0.29) is 17.4 Å². The third-order valence-corrected chi connectivity index (χ3v) is 5.44. The van der Waals surface area contributed by atoms with Crippen LogP contribution in [-0.4, -0.2) is 39.4 Å². The van der Waals surface area contributed by atoms with E-state index in [4.69, 9.17) is 0 Å². The topological polar surface area (TPSA) is 58.1 Å². The molecule has 5 nitrogen and oxygen atoms in total. The fourth-order valence-corrected chi connectivity index (χ4v) is 4.15. The van der Waals surface area contributed by atoms with E-state index < -0.39 is 0 Å². The number of hydrogen-bond donors (Lipinski definition) is 1. The van der Waals surface area contributed by atoms with Gasteiger partial charge in [0.05, 0.1) is 0 Å². The third-order valence-electron chi connectivity index (χ3n) is 5.44. The lowest BCUT2D eigenvalue weighted by molar-refractivity contribution is -0.120. The first kappa shape index (κ1) is 15.3. The van der Waals surface area contributed by atoms with Crippen molar-refractivity contribution < 1.29 is 4.79 Å². The van der Waals surface area contributed by atoms with Crippen molar-refractivity contribution in [1.82, 2.24) is 20.2 Å². The first-order valence-electron chi connectivity index (χ1n) is 8.57. The third kappa shape index (κ3) is 2.91. The van der Waals surface area contributed by atoms with Crippen LogP contribution in [0.25, 0.3) is 0 Å². The molecule has 2 aromatic heterocycles. The van der Waals surface area contributed by atoms with Gasteiger partial charge >= 0.3 is 0 Å². The predicted octanol–water partition coefficient (Wildman–Crippen LogP) is 2.11. The van der Waals surface area contributed by atoms with Gasteiger partial charge in [0.15, 0.2) is 0 Å². The van der Waals surface area contributed by atoms with Gasteiger partial charge < -0.3 is 5.32 Å². The minimum Gasteiger partial charge on any atom is -0.350 e. The maximum Gasteiger partial charge on any atom is 0.221 e. The number of carbonyl (C=O) groups is 1. The summed E-state index contributed by atoms with van der Waals surface area (Å²) in [6.45, 7) is 2.95. The number of nitrogens with one attached hydrogen (secondary N) is 1. The van der Waals surface area contributed by atoms with Gasteiger partial charge in [0.25, 0.3) is 0 Å². The minimum atomic E-state index is -0.102. The maximum absolute atomic E-state index is 12.1. The molecule has 2 aliphatic rings. The first-order valence-corrected chi connectivity index (χ1v) is 8.57. The average Bonchev–Trinajstić information content (AvgIpc) is 2.95. The summed E-state index contributed by atoms with van der Waals surface area (Å²) in [7, 11) is 0. The Balaban J connectivity index is 1.47. The van der Waals surface area contributed by atoms with Crippen LogP contribution in [0.3, 0.4) is 0 Å². The van der Waals surface area contributed by atoms with Gasteiger partial charge in [-0.25, -0.2) is 0 Å². The average molecular weight is 322 g/mol. The first-order chi connectivity index (χ1) is 11.8. The maximum atomic E-state index is 12.1. The van der Waals surface area contributed by atoms with Crippen LogP contribution in [0.15, 0.2) is 49.1 Å². The van der Waals surface area contributed by atoms with Crippen LogP contribution in [0.1, 0.15) is 36.3 Å². The van der Waals surface area contributed by atoms with E-state index in [0.29, 0.717) is 6.42 Å². The molecule has 24 heavy (non-hydrogen) atoms. The zero-order valence-corrected chi connectivity index (χ0v) is 13.7. The number of carbonyl (C=O) groups excluding carboxylic acids is 1. The molecule has 2 aliphatic heterocycles. The summed E-state index contributed by atoms with van der Waals surface area (Å²) in [5.74, 6) is 0.410. The molecular formula is C19H22N4O. The second-order valence-electron chi connectivity index (χ2n) is 6.88. The van der Waals surface area contributed by atoms with Crippen LogP contribution >= 0.6 is 0 Å². The lowest BCUT2D eigenvalue weighted by atomic mass is 9.74. The molecule has 0 unspecified atom stereocenters. The number of aromatic nitrogens is 2. The Labute approximate surface area is 142 Å². The van der Waals surface area contributed by atoms with E-state index in [0.717, 1.165) is 32.5 Å². The van der Waals surface area contributed by atoms with E-state index in [1.165, 1.54) is 11.1 Å². The number of rotatable bonds is 3. The normalized spacial score (nSPS) is 23.3. The summed E-state index contributed by atoms with van der Waals surface area (Å²) in [6.07, 6.45) is 9.95. The molecule has 1 atom stereocenters. The van der Waals surface area contributed by atoms with Crippen molar-refractivity contribution in [3.63, 3.8) is 0 Å². The fourth-order valence-electron chi connectivity index (χ4n) is 4.15. The van der Waals surface area contributed by atoms with Crippen molar-refractivity contribution in [3.8, 4) is 0 Å². The van der Waals surface area contributed by atoms with Gasteiger partial charge in [0.2, 0.25) is 5.91 Å². The molecule has 0 aliphatic carbocycles. The molecule has 2 saturated heterocycles. The zero-order valence-electron chi connectivity index (χ0n) is 13.7. The van der Waals surface area contributed by atoms with E-state index in [2.05, 4.69) is 38.4 Å². The smallest absolute Gasteiger partial charge is 0.221 e. The number of hydrogen-bond acceptors (Lipinski definition) is 4. The Morgan fingerprint density at radius 2 is 1.92 bits per heavy atom. The molecule has 1 amide bonds. The lowest BCUT2D eigenvalue weighted by Gasteiger charge is -2.43. The van der Waals surface area contributed by atoms with E-state index in [9.17, 15) is 4.79 Å². The van der Waals surface area contributed by atoms with Crippen molar-refractivity contribution in [2.75, 3.05) is 13.1 Å². The van der Waals surface area contributed by atoms with Crippen LogP contribution < -0.4 is 5.32 Å². The van der Waals surface area contributed by atoms with Gasteiger partial charge in [-0.3, -0.25) is 19.7 Å². The van der Waals surface area contributed by atoms with Crippen molar-refractivity contribution in [2.24, 2.45) is 0 Å². The molecule has 1 N–H and O–H groups in total. The highest BCUT2D eigenvalue weighted by atomic mass is 16.2. The Bertz CT molecular complexity index is 696. The summed E-state index contributed by atoms with van der Waals surface area (Å²) in [5.41, 5.74) is 2.37. The largest absolute Gasteiger partial charge is 0.350 e. The van der Waals surface area contributed by atoms with Gasteiger partial charge in [-0.05, 0) is 42.2 Å². The number of pyridine rings is 2. The quantitative estimate of drug-likeness (QED) is 0.940. The summed E-state index contributed by atoms with van der Waals surface area (Å²) < 4.78 is 0. The van der Waals surface area contributed by atoms with Crippen LogP contribution in [-0.2, 0) is 11.3 Å². The van der Waals surface area contributed by atoms with E-state index >= 15 is 0 Å². The summed E-state index contributed by atoms with van der Waals surface area (Å²) in [5, 5.41) is 3.30. The molecule has 2 fully saturated rings. The highest BCUT2D eigenvalue weighted by molar-refractivity contribution is 5.81. The monoisotopic (exact) mass is 322 g/mol. The Kier molecular flexibility index (Phi) is 4.02. The molecule has 0 saturated carbocycles. The van der Waals surface area contributed by atoms with Crippen LogP contribution in [0.4, 0.5) is 0 Å². The predicted molar refractivity (Wildman–Crippen MR) is 91.2 cm³/mol. The van der Waals surface area contributed by atoms with Crippen molar-refractivity contribution in [1.29, 1.82) is 0 Å². The summed E-state index contributed by atoms with van der Waals surface area (Å²) in [4.78, 5) is 22.9. The molecule has 4 rings (SSSR count). The second-order valence-corrected chi connectivity index (χ2v) is 6.88. The lowest BCUT2D eigenvalue weighted by Crippen LogP contribution is -2.53. The van der Waals surface area contributed by atoms with Gasteiger partial charge in [0, 0.05) is 62.3 Å². The van der Waals surface area contributed by atoms with Gasteiger partial charge in [-0.2, -0.15) is 0 Å². The molecule has 4 heterocycles.